The monoisotopic (exact) mass is 221 g/mol. The van der Waals surface area contributed by atoms with E-state index >= 15 is 0 Å². The van der Waals surface area contributed by atoms with Crippen molar-refractivity contribution in [2.75, 3.05) is 11.5 Å². The molecule has 1 unspecified atom stereocenters. The number of carboxylic acid groups (broad SMARTS) is 2. The van der Waals surface area contributed by atoms with Crippen molar-refractivity contribution in [3.63, 3.8) is 0 Å². The number of ketones is 1. The number of carbonyl (C=O) groups is 3. The van der Waals surface area contributed by atoms with Gasteiger partial charge >= 0.3 is 11.9 Å². The third-order valence-corrected chi connectivity index (χ3v) is 2.41. The maximum absolute atomic E-state index is 10.6. The molecule has 0 saturated carbocycles. The number of aliphatic carboxylic acids is 2. The number of hydrogen-bond acceptors (Lipinski definition) is 5. The highest BCUT2D eigenvalue weighted by Gasteiger charge is 2.13. The molecule has 0 amide bonds. The number of thioether (sulfide) groups is 1. The quantitative estimate of drug-likeness (QED) is 0.379. The summed E-state index contributed by atoms with van der Waals surface area (Å²) in [5, 5.41) is 16.6. The fourth-order valence-electron chi connectivity index (χ4n) is 0.553. The second-order valence-corrected chi connectivity index (χ2v) is 3.65. The molecule has 0 spiro atoms. The first-order chi connectivity index (χ1) is 6.45. The van der Waals surface area contributed by atoms with Crippen molar-refractivity contribution in [2.24, 2.45) is 5.73 Å². The molecule has 0 aliphatic heterocycles. The molecule has 80 valence electrons. The Morgan fingerprint density at radius 3 is 2.29 bits per heavy atom. The first kappa shape index (κ1) is 12.9. The van der Waals surface area contributed by atoms with E-state index in [0.717, 1.165) is 11.8 Å². The zero-order valence-corrected chi connectivity index (χ0v) is 8.12. The second-order valence-electron chi connectivity index (χ2n) is 2.50. The lowest BCUT2D eigenvalue weighted by molar-refractivity contribution is -0.148. The smallest absolute Gasteiger partial charge is 0.372 e. The molecule has 0 aromatic carbocycles. The zero-order chi connectivity index (χ0) is 11.1. The summed E-state index contributed by atoms with van der Waals surface area (Å²) >= 11 is 1.15. The molecule has 0 radical (unpaired) electrons. The molecule has 14 heavy (non-hydrogen) atoms. The zero-order valence-electron chi connectivity index (χ0n) is 7.30. The van der Waals surface area contributed by atoms with Crippen LogP contribution in [-0.2, 0) is 14.4 Å². The number of nitrogens with two attached hydrogens (primary N) is 1. The molecular weight excluding hydrogens is 210 g/mol. The van der Waals surface area contributed by atoms with Crippen LogP contribution in [0.2, 0.25) is 0 Å². The van der Waals surface area contributed by atoms with Gasteiger partial charge in [0.25, 0.3) is 0 Å². The molecule has 0 heterocycles. The molecule has 0 aromatic heterocycles. The van der Waals surface area contributed by atoms with Gasteiger partial charge in [-0.15, -0.1) is 0 Å². The van der Waals surface area contributed by atoms with Gasteiger partial charge < -0.3 is 15.9 Å². The third kappa shape index (κ3) is 5.55. The maximum Gasteiger partial charge on any atom is 0.372 e. The van der Waals surface area contributed by atoms with E-state index in [1.165, 1.54) is 0 Å². The largest absolute Gasteiger partial charge is 0.480 e. The molecule has 4 N–H and O–H groups in total. The van der Waals surface area contributed by atoms with E-state index in [4.69, 9.17) is 15.9 Å². The summed E-state index contributed by atoms with van der Waals surface area (Å²) < 4.78 is 0. The average Bonchev–Trinajstić information content (AvgIpc) is 2.11. The fourth-order valence-corrected chi connectivity index (χ4v) is 1.45. The van der Waals surface area contributed by atoms with Crippen LogP contribution in [0.3, 0.4) is 0 Å². The first-order valence-corrected chi connectivity index (χ1v) is 4.93. The van der Waals surface area contributed by atoms with Crippen molar-refractivity contribution < 1.29 is 24.6 Å². The minimum atomic E-state index is -1.46. The molecule has 0 aliphatic carbocycles. The van der Waals surface area contributed by atoms with E-state index in [9.17, 15) is 14.4 Å². The summed E-state index contributed by atoms with van der Waals surface area (Å²) in [5.41, 5.74) is 5.17. The van der Waals surface area contributed by atoms with E-state index in [-0.39, 0.29) is 17.9 Å². The molecule has 6 nitrogen and oxygen atoms in total. The summed E-state index contributed by atoms with van der Waals surface area (Å²) in [7, 11) is 0. The van der Waals surface area contributed by atoms with Gasteiger partial charge in [0.15, 0.2) is 0 Å². The summed E-state index contributed by atoms with van der Waals surface area (Å²) in [6.07, 6.45) is -0.105. The molecule has 0 aliphatic rings. The molecule has 1 atom stereocenters. The molecule has 0 rings (SSSR count). The second kappa shape index (κ2) is 6.39. The Morgan fingerprint density at radius 1 is 1.29 bits per heavy atom. The molecule has 0 bridgehead atoms. The van der Waals surface area contributed by atoms with Crippen LogP contribution >= 0.6 is 11.8 Å². The van der Waals surface area contributed by atoms with E-state index in [2.05, 4.69) is 0 Å². The Hall–Kier alpha value is -1.08. The van der Waals surface area contributed by atoms with Gasteiger partial charge in [0.05, 0.1) is 0 Å². The van der Waals surface area contributed by atoms with Crippen LogP contribution in [0, 0.1) is 0 Å². The van der Waals surface area contributed by atoms with Crippen LogP contribution in [0.1, 0.15) is 6.42 Å². The standard InChI is InChI=1S/C7H11NO5S/c8-4(6(10)11)3-14-2-1-5(9)7(12)13/h4H,1-3,8H2,(H,10,11)(H,12,13). The van der Waals surface area contributed by atoms with E-state index in [1.807, 2.05) is 0 Å². The molecule has 0 fully saturated rings. The van der Waals surface area contributed by atoms with Crippen molar-refractivity contribution in [3.8, 4) is 0 Å². The van der Waals surface area contributed by atoms with Crippen molar-refractivity contribution in [1.29, 1.82) is 0 Å². The van der Waals surface area contributed by atoms with Crippen LogP contribution in [0.5, 0.6) is 0 Å². The van der Waals surface area contributed by atoms with Gasteiger partial charge in [-0.05, 0) is 0 Å². The van der Waals surface area contributed by atoms with E-state index in [0.29, 0.717) is 0 Å². The minimum Gasteiger partial charge on any atom is -0.480 e. The van der Waals surface area contributed by atoms with Gasteiger partial charge in [-0.25, -0.2) is 4.79 Å². The normalized spacial score (nSPS) is 12.1. The van der Waals surface area contributed by atoms with Crippen LogP contribution in [-0.4, -0.2) is 45.5 Å². The maximum atomic E-state index is 10.6. The first-order valence-electron chi connectivity index (χ1n) is 3.77. The lowest BCUT2D eigenvalue weighted by Gasteiger charge is -2.04. The average molecular weight is 221 g/mol. The number of Topliss-reactive ketones (excluding diaryl/α,β-unsaturated/α-hetero) is 1. The van der Waals surface area contributed by atoms with Crippen LogP contribution in [0.15, 0.2) is 0 Å². The fraction of sp³-hybridized carbons (Fsp3) is 0.571. The van der Waals surface area contributed by atoms with Gasteiger partial charge in [0, 0.05) is 17.9 Å². The van der Waals surface area contributed by atoms with Gasteiger partial charge in [-0.3, -0.25) is 9.59 Å². The highest BCUT2D eigenvalue weighted by Crippen LogP contribution is 2.04. The predicted molar refractivity (Wildman–Crippen MR) is 50.2 cm³/mol. The molecule has 7 heteroatoms. The predicted octanol–water partition coefficient (Wildman–Crippen LogP) is -0.825. The summed E-state index contributed by atoms with van der Waals surface area (Å²) in [4.78, 5) is 30.9. The van der Waals surface area contributed by atoms with Gasteiger partial charge in [0.2, 0.25) is 5.78 Å². The van der Waals surface area contributed by atoms with Crippen molar-refractivity contribution in [1.82, 2.24) is 0 Å². The Morgan fingerprint density at radius 2 is 1.86 bits per heavy atom. The van der Waals surface area contributed by atoms with E-state index in [1.54, 1.807) is 0 Å². The SMILES string of the molecule is NC(CSCCC(=O)C(=O)O)C(=O)O. The Kier molecular flexibility index (Phi) is 5.89. The molecule has 0 aromatic rings. The lowest BCUT2D eigenvalue weighted by Crippen LogP contribution is -2.32. The summed E-state index contributed by atoms with van der Waals surface area (Å²) in [5.74, 6) is -3.01. The van der Waals surface area contributed by atoms with Crippen molar-refractivity contribution >= 4 is 29.5 Å². The molecule has 0 saturated heterocycles. The van der Waals surface area contributed by atoms with Gasteiger partial charge in [-0.2, -0.15) is 11.8 Å². The number of carboxylic acids is 2. The Balaban J connectivity index is 3.52. The third-order valence-electron chi connectivity index (χ3n) is 1.33. The highest BCUT2D eigenvalue weighted by molar-refractivity contribution is 7.99. The van der Waals surface area contributed by atoms with Crippen molar-refractivity contribution in [3.05, 3.63) is 0 Å². The lowest BCUT2D eigenvalue weighted by atomic mass is 10.3. The van der Waals surface area contributed by atoms with Crippen LogP contribution < -0.4 is 5.73 Å². The van der Waals surface area contributed by atoms with Gasteiger partial charge in [0.1, 0.15) is 6.04 Å². The highest BCUT2D eigenvalue weighted by atomic mass is 32.2. The number of hydrogen-bond donors (Lipinski definition) is 3. The number of rotatable bonds is 7. The summed E-state index contributed by atoms with van der Waals surface area (Å²) in [6.45, 7) is 0. The minimum absolute atomic E-state index is 0.105. The van der Waals surface area contributed by atoms with Crippen molar-refractivity contribution in [2.45, 2.75) is 12.5 Å². The van der Waals surface area contributed by atoms with Crippen LogP contribution in [0.4, 0.5) is 0 Å². The summed E-state index contributed by atoms with van der Waals surface area (Å²) in [6, 6.07) is -0.972. The topological polar surface area (TPSA) is 118 Å². The molecular formula is C7H11NO5S. The van der Waals surface area contributed by atoms with Crippen LogP contribution in [0.25, 0.3) is 0 Å². The Labute approximate surface area is 84.5 Å². The number of carbonyl (C=O) groups excluding carboxylic acids is 1. The van der Waals surface area contributed by atoms with Gasteiger partial charge in [-0.1, -0.05) is 0 Å². The van der Waals surface area contributed by atoms with E-state index < -0.39 is 23.8 Å². The Bertz CT molecular complexity index is 242.